The number of nitrogens with zero attached hydrogens (tertiary/aromatic N) is 3. The number of hydrogen-bond donors (Lipinski definition) is 3. The number of rotatable bonds is 13. The number of aromatic nitrogens is 1. The number of likely N-dealkylation sites (tertiary alicyclic amines) is 2. The number of hydrogen-bond acceptors (Lipinski definition) is 12. The van der Waals surface area contributed by atoms with E-state index in [0.29, 0.717) is 24.6 Å². The Morgan fingerprint density at radius 1 is 1.11 bits per heavy atom. The average molecular weight is 809 g/mol. The van der Waals surface area contributed by atoms with Gasteiger partial charge in [-0.25, -0.2) is 23.0 Å². The Balaban J connectivity index is 1.16. The van der Waals surface area contributed by atoms with Crippen LogP contribution in [0.25, 0.3) is 10.8 Å². The van der Waals surface area contributed by atoms with Crippen molar-refractivity contribution in [3.05, 3.63) is 48.7 Å². The first kappa shape index (κ1) is 40.0. The summed E-state index contributed by atoms with van der Waals surface area (Å²) in [4.78, 5) is 88.4. The lowest BCUT2D eigenvalue weighted by molar-refractivity contribution is -0.157. The molecule has 3 N–H and O–H groups in total. The number of benzene rings is 1. The molecular formula is C39H48N6O11S. The molecule has 1 unspecified atom stereocenters. The van der Waals surface area contributed by atoms with Gasteiger partial charge < -0.3 is 34.6 Å². The first-order valence-electron chi connectivity index (χ1n) is 19.2. The number of carbonyl (C=O) groups excluding carboxylic acids is 6. The van der Waals surface area contributed by atoms with E-state index in [2.05, 4.69) is 26.9 Å². The number of esters is 1. The summed E-state index contributed by atoms with van der Waals surface area (Å²) in [5, 5.41) is 6.22. The normalized spacial score (nSPS) is 27.0. The standard InChI is InChI=1S/C39H48N6O11S/c1-6-23-18-39(23,36(50)43-57(52,53)26-8-9-26)42-32(47)29-16-24(54-33-27-10-7-21(2)15-22(27)13-14-40-33)20-45(29)34(48)28(41-37(51)56-38(3,4)5)11-12-31(46)44-19-25-17-30(44)35(49)55-25/h6-7,10,13-15,23-26,28-30H,1,8-9,11-12,16-20H2,2-5H3,(H,41,51)(H,42,47)(H,43,50)/t23?,24-,25+,28+,29+,30-,39-/m1/s1. The fourth-order valence-corrected chi connectivity index (χ4v) is 9.22. The molecule has 2 aromatic rings. The first-order chi connectivity index (χ1) is 26.9. The van der Waals surface area contributed by atoms with Gasteiger partial charge in [0.15, 0.2) is 0 Å². The Bertz CT molecular complexity index is 2130. The predicted molar refractivity (Wildman–Crippen MR) is 203 cm³/mol. The third-order valence-electron chi connectivity index (χ3n) is 11.0. The van der Waals surface area contributed by atoms with Gasteiger partial charge in [-0.3, -0.25) is 23.9 Å². The van der Waals surface area contributed by atoms with Crippen LogP contribution in [0.2, 0.25) is 0 Å². The Labute approximate surface area is 330 Å². The van der Waals surface area contributed by atoms with Gasteiger partial charge in [-0.05, 0) is 70.9 Å². The van der Waals surface area contributed by atoms with Crippen molar-refractivity contribution in [1.29, 1.82) is 0 Å². The molecule has 2 saturated carbocycles. The van der Waals surface area contributed by atoms with Crippen LogP contribution in [-0.4, -0.2) is 119 Å². The summed E-state index contributed by atoms with van der Waals surface area (Å²) in [6.07, 6.45) is 1.76. The van der Waals surface area contributed by atoms with Gasteiger partial charge in [0.25, 0.3) is 5.91 Å². The maximum absolute atomic E-state index is 14.7. The summed E-state index contributed by atoms with van der Waals surface area (Å²) < 4.78 is 44.7. The van der Waals surface area contributed by atoms with Crippen LogP contribution in [0.3, 0.4) is 0 Å². The molecule has 7 atom stereocenters. The number of pyridine rings is 1. The lowest BCUT2D eigenvalue weighted by Crippen LogP contribution is -2.58. The van der Waals surface area contributed by atoms with E-state index in [1.165, 1.54) is 15.9 Å². The minimum Gasteiger partial charge on any atom is -0.472 e. The summed E-state index contributed by atoms with van der Waals surface area (Å²) in [6, 6.07) is 4.22. The minimum absolute atomic E-state index is 0.0601. The van der Waals surface area contributed by atoms with Crippen molar-refractivity contribution >= 4 is 56.5 Å². The number of sulfonamides is 1. The molecule has 1 aromatic heterocycles. The number of morpholine rings is 1. The van der Waals surface area contributed by atoms with Crippen molar-refractivity contribution in [3.63, 3.8) is 0 Å². The summed E-state index contributed by atoms with van der Waals surface area (Å²) in [5.74, 6) is -3.58. The predicted octanol–water partition coefficient (Wildman–Crippen LogP) is 1.76. The highest BCUT2D eigenvalue weighted by molar-refractivity contribution is 7.91. The molecule has 306 valence electrons. The van der Waals surface area contributed by atoms with Gasteiger partial charge >= 0.3 is 12.1 Å². The number of fused-ring (bicyclic) bond motifs is 3. The van der Waals surface area contributed by atoms with E-state index >= 15 is 0 Å². The molecule has 5 fully saturated rings. The van der Waals surface area contributed by atoms with E-state index in [9.17, 15) is 37.2 Å². The maximum atomic E-state index is 14.7. The van der Waals surface area contributed by atoms with Crippen LogP contribution in [0.1, 0.15) is 71.3 Å². The van der Waals surface area contributed by atoms with Crippen molar-refractivity contribution in [3.8, 4) is 5.88 Å². The highest BCUT2D eigenvalue weighted by Crippen LogP contribution is 2.45. The maximum Gasteiger partial charge on any atom is 0.408 e. The zero-order valence-electron chi connectivity index (χ0n) is 32.3. The van der Waals surface area contributed by atoms with Gasteiger partial charge in [0.05, 0.1) is 18.3 Å². The Morgan fingerprint density at radius 2 is 1.86 bits per heavy atom. The molecule has 18 heteroatoms. The minimum atomic E-state index is -3.95. The highest BCUT2D eigenvalue weighted by atomic mass is 32.2. The Kier molecular flexibility index (Phi) is 10.5. The monoisotopic (exact) mass is 808 g/mol. The van der Waals surface area contributed by atoms with Crippen molar-refractivity contribution in [2.75, 3.05) is 13.1 Å². The molecule has 0 spiro atoms. The molecule has 2 bridgehead atoms. The van der Waals surface area contributed by atoms with Crippen LogP contribution in [0.5, 0.6) is 5.88 Å². The number of nitrogens with one attached hydrogen (secondary N) is 3. The largest absolute Gasteiger partial charge is 0.472 e. The van der Waals surface area contributed by atoms with E-state index < -0.39 is 98.4 Å². The van der Waals surface area contributed by atoms with Crippen LogP contribution in [0, 0.1) is 12.8 Å². The molecule has 5 aliphatic rings. The molecule has 2 aliphatic carbocycles. The highest BCUT2D eigenvalue weighted by Gasteiger charge is 2.62. The second kappa shape index (κ2) is 14.9. The number of aryl methyl sites for hydroxylation is 1. The first-order valence-corrected chi connectivity index (χ1v) is 20.7. The van der Waals surface area contributed by atoms with E-state index in [0.717, 1.165) is 10.9 Å². The van der Waals surface area contributed by atoms with Gasteiger partial charge in [0.2, 0.25) is 33.6 Å². The molecule has 3 saturated heterocycles. The van der Waals surface area contributed by atoms with E-state index in [1.54, 1.807) is 27.0 Å². The second-order valence-corrected chi connectivity index (χ2v) is 18.6. The van der Waals surface area contributed by atoms with Crippen molar-refractivity contribution in [2.24, 2.45) is 5.92 Å². The quantitative estimate of drug-likeness (QED) is 0.195. The molecule has 3 aliphatic heterocycles. The van der Waals surface area contributed by atoms with Crippen molar-refractivity contribution in [1.82, 2.24) is 30.1 Å². The van der Waals surface area contributed by atoms with Gasteiger partial charge in [0.1, 0.15) is 41.5 Å². The van der Waals surface area contributed by atoms with Crippen LogP contribution in [-0.2, 0) is 43.5 Å². The average Bonchev–Trinajstić information content (AvgIpc) is 3.99. The zero-order chi connectivity index (χ0) is 41.0. The summed E-state index contributed by atoms with van der Waals surface area (Å²) in [7, 11) is -3.95. The topological polar surface area (TPSA) is 220 Å². The van der Waals surface area contributed by atoms with Crippen LogP contribution in [0.4, 0.5) is 4.79 Å². The summed E-state index contributed by atoms with van der Waals surface area (Å²) >= 11 is 0. The summed E-state index contributed by atoms with van der Waals surface area (Å²) in [5.41, 5.74) is -1.54. The SMILES string of the molecule is C=CC1C[C@]1(NC(=O)[C@@H]1C[C@@H](Oc2nccc3cc(C)ccc23)CN1C(=O)[C@H](CCC(=O)N1C[C@@H]2C[C@@H]1C(=O)O2)NC(=O)OC(C)(C)C)C(=O)NS(=O)(=O)C1CC1. The van der Waals surface area contributed by atoms with E-state index in [4.69, 9.17) is 14.2 Å². The second-order valence-electron chi connectivity index (χ2n) is 16.6. The third kappa shape index (κ3) is 8.41. The third-order valence-corrected chi connectivity index (χ3v) is 12.9. The molecule has 17 nitrogen and oxygen atoms in total. The summed E-state index contributed by atoms with van der Waals surface area (Å²) in [6.45, 7) is 10.7. The lowest BCUT2D eigenvalue weighted by Gasteiger charge is -2.31. The Hall–Kier alpha value is -5.26. The van der Waals surface area contributed by atoms with Gasteiger partial charge in [-0.1, -0.05) is 23.8 Å². The number of amides is 5. The van der Waals surface area contributed by atoms with Crippen LogP contribution >= 0.6 is 0 Å². The molecule has 5 amide bonds. The van der Waals surface area contributed by atoms with Crippen molar-refractivity contribution < 1.29 is 51.4 Å². The lowest BCUT2D eigenvalue weighted by atomic mass is 10.1. The van der Waals surface area contributed by atoms with Gasteiger partial charge in [-0.2, -0.15) is 0 Å². The van der Waals surface area contributed by atoms with E-state index in [1.807, 2.05) is 31.2 Å². The molecule has 1 aromatic carbocycles. The molecule has 57 heavy (non-hydrogen) atoms. The van der Waals surface area contributed by atoms with E-state index in [-0.39, 0.29) is 44.7 Å². The van der Waals surface area contributed by atoms with Crippen molar-refractivity contribution in [2.45, 2.75) is 119 Å². The van der Waals surface area contributed by atoms with Gasteiger partial charge in [0, 0.05) is 36.8 Å². The van der Waals surface area contributed by atoms with Crippen LogP contribution in [0.15, 0.2) is 43.1 Å². The molecule has 0 radical (unpaired) electrons. The number of carbonyl (C=O) groups is 6. The zero-order valence-corrected chi connectivity index (χ0v) is 33.1. The Morgan fingerprint density at radius 3 is 2.51 bits per heavy atom. The molecule has 4 heterocycles. The molecule has 7 rings (SSSR count). The van der Waals surface area contributed by atoms with Gasteiger partial charge in [-0.15, -0.1) is 6.58 Å². The fourth-order valence-electron chi connectivity index (χ4n) is 7.86. The number of alkyl carbamates (subject to hydrolysis) is 1. The number of ether oxygens (including phenoxy) is 3. The smallest absolute Gasteiger partial charge is 0.408 e. The van der Waals surface area contributed by atoms with Crippen LogP contribution < -0.4 is 20.1 Å². The fraction of sp³-hybridized carbons (Fsp3) is 0.564. The molecular weight excluding hydrogens is 761 g/mol.